The van der Waals surface area contributed by atoms with Gasteiger partial charge in [-0.15, -0.1) is 0 Å². The van der Waals surface area contributed by atoms with E-state index >= 15 is 0 Å². The third-order valence-corrected chi connectivity index (χ3v) is 8.23. The molecule has 5 heteroatoms. The number of ether oxygens (including phenoxy) is 1. The molecule has 1 spiro atoms. The molecule has 2 saturated carbocycles. The molecule has 26 heavy (non-hydrogen) atoms. The lowest BCUT2D eigenvalue weighted by atomic mass is 9.47. The maximum atomic E-state index is 12.2. The topological polar surface area (TPSA) is 73.2 Å². The van der Waals surface area contributed by atoms with Crippen molar-refractivity contribution in [2.24, 2.45) is 5.92 Å². The predicted molar refractivity (Wildman–Crippen MR) is 95.5 cm³/mol. The van der Waals surface area contributed by atoms with Gasteiger partial charge in [0.25, 0.3) is 0 Å². The molecule has 0 aromatic heterocycles. The first-order valence-corrected chi connectivity index (χ1v) is 10.1. The maximum Gasteiger partial charge on any atom is 0.165 e. The quantitative estimate of drug-likeness (QED) is 0.750. The Kier molecular flexibility index (Phi) is 2.87. The molecule has 1 aromatic carbocycles. The van der Waals surface area contributed by atoms with E-state index in [0.717, 1.165) is 36.9 Å². The lowest BCUT2D eigenvalue weighted by molar-refractivity contribution is -0.202. The molecule has 1 saturated heterocycles. The molecule has 2 aliphatic heterocycles. The SMILES string of the molecule is Cc1cc(O)c2c3c1C[C@H]1N(C4CC4)CC[C@@]34[C@@H](O2)[C@@H](CO)CC[C@@]14O. The van der Waals surface area contributed by atoms with Crippen molar-refractivity contribution >= 4 is 0 Å². The van der Waals surface area contributed by atoms with Crippen LogP contribution in [0.1, 0.15) is 48.8 Å². The summed E-state index contributed by atoms with van der Waals surface area (Å²) in [4.78, 5) is 2.56. The van der Waals surface area contributed by atoms with Gasteiger partial charge in [0, 0.05) is 30.2 Å². The van der Waals surface area contributed by atoms with Crippen LogP contribution in [0.25, 0.3) is 0 Å². The number of piperidine rings is 1. The number of nitrogens with zero attached hydrogens (tertiary/aromatic N) is 1. The van der Waals surface area contributed by atoms with Crippen molar-refractivity contribution in [3.8, 4) is 11.5 Å². The highest BCUT2D eigenvalue weighted by molar-refractivity contribution is 5.64. The average molecular weight is 357 g/mol. The molecular formula is C21H27NO4. The van der Waals surface area contributed by atoms with Gasteiger partial charge in [-0.3, -0.25) is 4.90 Å². The Morgan fingerprint density at radius 1 is 1.27 bits per heavy atom. The summed E-state index contributed by atoms with van der Waals surface area (Å²) in [5.41, 5.74) is 2.11. The second-order valence-electron chi connectivity index (χ2n) is 9.25. The monoisotopic (exact) mass is 357 g/mol. The maximum absolute atomic E-state index is 12.2. The molecule has 6 rings (SSSR count). The molecule has 0 unspecified atom stereocenters. The fraction of sp³-hybridized carbons (Fsp3) is 0.714. The molecule has 3 fully saturated rings. The van der Waals surface area contributed by atoms with Gasteiger partial charge in [-0.05, 0) is 69.2 Å². The van der Waals surface area contributed by atoms with Crippen LogP contribution in [0, 0.1) is 12.8 Å². The number of aliphatic hydroxyl groups excluding tert-OH is 1. The number of aryl methyl sites for hydroxylation is 1. The van der Waals surface area contributed by atoms with E-state index in [1.54, 1.807) is 0 Å². The van der Waals surface area contributed by atoms with Gasteiger partial charge in [0.1, 0.15) is 6.10 Å². The lowest BCUT2D eigenvalue weighted by Crippen LogP contribution is -2.76. The van der Waals surface area contributed by atoms with Gasteiger partial charge in [-0.25, -0.2) is 0 Å². The molecular weight excluding hydrogens is 330 g/mol. The number of likely N-dealkylation sites (tertiary alicyclic amines) is 1. The fourth-order valence-electron chi connectivity index (χ4n) is 6.98. The summed E-state index contributed by atoms with van der Waals surface area (Å²) in [5, 5.41) is 32.8. The minimum absolute atomic E-state index is 0.0152. The Labute approximate surface area is 153 Å². The van der Waals surface area contributed by atoms with Crippen molar-refractivity contribution in [3.63, 3.8) is 0 Å². The van der Waals surface area contributed by atoms with Crippen molar-refractivity contribution in [2.45, 2.75) is 74.7 Å². The first-order chi connectivity index (χ1) is 12.5. The van der Waals surface area contributed by atoms with Crippen LogP contribution in [-0.2, 0) is 11.8 Å². The summed E-state index contributed by atoms with van der Waals surface area (Å²) in [6.07, 6.45) is 5.41. The minimum atomic E-state index is -0.831. The smallest absolute Gasteiger partial charge is 0.165 e. The number of hydrogen-bond acceptors (Lipinski definition) is 5. The van der Waals surface area contributed by atoms with Gasteiger partial charge in [-0.1, -0.05) is 0 Å². The molecule has 3 aliphatic carbocycles. The van der Waals surface area contributed by atoms with Gasteiger partial charge >= 0.3 is 0 Å². The molecule has 0 radical (unpaired) electrons. The van der Waals surface area contributed by atoms with Crippen molar-refractivity contribution in [1.82, 2.24) is 4.90 Å². The number of rotatable bonds is 2. The van der Waals surface area contributed by atoms with Gasteiger partial charge in [0.15, 0.2) is 11.5 Å². The summed E-state index contributed by atoms with van der Waals surface area (Å²) >= 11 is 0. The van der Waals surface area contributed by atoms with Crippen molar-refractivity contribution in [2.75, 3.05) is 13.2 Å². The molecule has 2 bridgehead atoms. The largest absolute Gasteiger partial charge is 0.504 e. The zero-order chi connectivity index (χ0) is 17.8. The van der Waals surface area contributed by atoms with Crippen LogP contribution in [-0.4, -0.2) is 57.2 Å². The van der Waals surface area contributed by atoms with Gasteiger partial charge < -0.3 is 20.1 Å². The molecule has 1 aromatic rings. The Hall–Kier alpha value is -1.30. The lowest BCUT2D eigenvalue weighted by Gasteiger charge is -2.64. The predicted octanol–water partition coefficient (Wildman–Crippen LogP) is 1.63. The Bertz CT molecular complexity index is 806. The Balaban J connectivity index is 1.64. The Morgan fingerprint density at radius 3 is 2.81 bits per heavy atom. The summed E-state index contributed by atoms with van der Waals surface area (Å²) < 4.78 is 6.36. The molecule has 5 nitrogen and oxygen atoms in total. The first kappa shape index (κ1) is 15.7. The van der Waals surface area contributed by atoms with Gasteiger partial charge in [-0.2, -0.15) is 0 Å². The van der Waals surface area contributed by atoms with E-state index in [2.05, 4.69) is 11.8 Å². The molecule has 2 heterocycles. The number of phenols is 1. The normalized spacial score (nSPS) is 43.1. The van der Waals surface area contributed by atoms with Crippen LogP contribution < -0.4 is 4.74 Å². The zero-order valence-corrected chi connectivity index (χ0v) is 15.2. The van der Waals surface area contributed by atoms with Gasteiger partial charge in [0.2, 0.25) is 0 Å². The van der Waals surface area contributed by atoms with E-state index in [4.69, 9.17) is 4.74 Å². The summed E-state index contributed by atoms with van der Waals surface area (Å²) in [6, 6.07) is 2.56. The van der Waals surface area contributed by atoms with Crippen LogP contribution in [0.15, 0.2) is 6.07 Å². The summed E-state index contributed by atoms with van der Waals surface area (Å²) in [5.74, 6) is 0.779. The van der Waals surface area contributed by atoms with Crippen LogP contribution in [0.2, 0.25) is 0 Å². The highest BCUT2D eigenvalue weighted by Crippen LogP contribution is 2.67. The van der Waals surface area contributed by atoms with E-state index in [9.17, 15) is 15.3 Å². The standard InChI is InChI=1S/C21H27NO4/c1-11-8-15(24)18-17-14(11)9-16-21(25)5-4-12(10-23)19(26-18)20(17,21)6-7-22(16)13-2-3-13/h8,12-13,16,19,23-25H,2-7,9-10H2,1H3/t12-,16-,19+,20+,21-/m1/s1. The molecule has 5 aliphatic rings. The van der Waals surface area contributed by atoms with E-state index < -0.39 is 11.0 Å². The minimum Gasteiger partial charge on any atom is -0.504 e. The Morgan fingerprint density at radius 2 is 2.08 bits per heavy atom. The third kappa shape index (κ3) is 1.56. The number of aromatic hydroxyl groups is 1. The van der Waals surface area contributed by atoms with E-state index in [1.807, 2.05) is 6.07 Å². The molecule has 3 N–H and O–H groups in total. The summed E-state index contributed by atoms with van der Waals surface area (Å²) in [6.45, 7) is 3.11. The zero-order valence-electron chi connectivity index (χ0n) is 15.2. The number of benzene rings is 1. The van der Waals surface area contributed by atoms with Crippen molar-refractivity contribution < 1.29 is 20.1 Å². The van der Waals surface area contributed by atoms with E-state index in [-0.39, 0.29) is 30.4 Å². The number of aliphatic hydroxyl groups is 2. The van der Waals surface area contributed by atoms with Crippen LogP contribution >= 0.6 is 0 Å². The van der Waals surface area contributed by atoms with E-state index in [1.165, 1.54) is 18.4 Å². The van der Waals surface area contributed by atoms with Gasteiger partial charge in [0.05, 0.1) is 11.0 Å². The molecule has 5 atom stereocenters. The number of hydrogen-bond donors (Lipinski definition) is 3. The molecule has 140 valence electrons. The second kappa shape index (κ2) is 4.75. The molecule has 0 amide bonds. The number of phenolic OH excluding ortho intramolecular Hbond substituents is 1. The highest BCUT2D eigenvalue weighted by atomic mass is 16.5. The van der Waals surface area contributed by atoms with Crippen LogP contribution in [0.3, 0.4) is 0 Å². The van der Waals surface area contributed by atoms with Crippen molar-refractivity contribution in [1.29, 1.82) is 0 Å². The van der Waals surface area contributed by atoms with Crippen LogP contribution in [0.5, 0.6) is 11.5 Å². The fourth-order valence-corrected chi connectivity index (χ4v) is 6.98. The van der Waals surface area contributed by atoms with Crippen molar-refractivity contribution in [3.05, 3.63) is 22.8 Å². The van der Waals surface area contributed by atoms with Crippen LogP contribution in [0.4, 0.5) is 0 Å². The average Bonchev–Trinajstić information content (AvgIpc) is 3.37. The first-order valence-electron chi connectivity index (χ1n) is 10.1. The highest BCUT2D eigenvalue weighted by Gasteiger charge is 2.73. The second-order valence-corrected chi connectivity index (χ2v) is 9.25. The third-order valence-electron chi connectivity index (χ3n) is 8.23. The summed E-state index contributed by atoms with van der Waals surface area (Å²) in [7, 11) is 0. The van der Waals surface area contributed by atoms with E-state index in [0.29, 0.717) is 18.2 Å².